The van der Waals surface area contributed by atoms with Crippen LogP contribution in [0.25, 0.3) is 0 Å². The largest absolute Gasteiger partial charge is 0.296 e. The minimum atomic E-state index is -4.08. The normalized spacial score (nSPS) is 20.8. The lowest BCUT2D eigenvalue weighted by Crippen LogP contribution is -2.45. The lowest BCUT2D eigenvalue weighted by atomic mass is 9.54. The van der Waals surface area contributed by atoms with Crippen LogP contribution in [0.5, 0.6) is 0 Å². The number of hydrogen-bond acceptors (Lipinski definition) is 6. The SMILES string of the molecule is Cc1ccc(S(=O)(=O)OC[C@H]2[C@H]3c4ccc(C(C)(C)C)cc4[C@H](c4ccc(C(C)(C)C)cc43)[C@@H]2COS(=O)(=O)c2ccc(C)cc2)cc1. The molecule has 0 aliphatic heterocycles. The van der Waals surface area contributed by atoms with Gasteiger partial charge in [0.05, 0.1) is 23.0 Å². The van der Waals surface area contributed by atoms with E-state index >= 15 is 0 Å². The Bertz CT molecular complexity index is 1900. The van der Waals surface area contributed by atoms with E-state index in [1.54, 1.807) is 48.5 Å². The summed E-state index contributed by atoms with van der Waals surface area (Å²) in [5.41, 5.74) is 8.60. The molecule has 0 spiro atoms. The maximum absolute atomic E-state index is 13.5. The van der Waals surface area contributed by atoms with Crippen LogP contribution in [0.15, 0.2) is 94.7 Å². The summed E-state index contributed by atoms with van der Waals surface area (Å²) in [6, 6.07) is 26.4. The van der Waals surface area contributed by atoms with Crippen molar-refractivity contribution in [1.29, 1.82) is 0 Å². The Kier molecular flexibility index (Phi) is 8.81. The Morgan fingerprint density at radius 1 is 0.500 bits per heavy atom. The summed E-state index contributed by atoms with van der Waals surface area (Å²) in [4.78, 5) is 0.184. The van der Waals surface area contributed by atoms with Crippen molar-refractivity contribution in [3.05, 3.63) is 129 Å². The summed E-state index contributed by atoms with van der Waals surface area (Å²) < 4.78 is 65.8. The van der Waals surface area contributed by atoms with E-state index < -0.39 is 20.2 Å². The molecule has 0 radical (unpaired) electrons. The Morgan fingerprint density at radius 3 is 1.15 bits per heavy atom. The maximum Gasteiger partial charge on any atom is 0.296 e. The van der Waals surface area contributed by atoms with Crippen molar-refractivity contribution < 1.29 is 25.2 Å². The highest BCUT2D eigenvalue weighted by molar-refractivity contribution is 7.87. The molecule has 6 nitrogen and oxygen atoms in total. The first-order valence-electron chi connectivity index (χ1n) is 16.6. The van der Waals surface area contributed by atoms with Crippen LogP contribution >= 0.6 is 0 Å². The van der Waals surface area contributed by atoms with E-state index in [0.29, 0.717) is 0 Å². The van der Waals surface area contributed by atoms with Crippen molar-refractivity contribution in [2.45, 2.75) is 87.8 Å². The Labute approximate surface area is 286 Å². The van der Waals surface area contributed by atoms with Crippen molar-refractivity contribution in [3.63, 3.8) is 0 Å². The van der Waals surface area contributed by atoms with Gasteiger partial charge in [0.15, 0.2) is 0 Å². The minimum absolute atomic E-state index is 0.0921. The molecule has 2 bridgehead atoms. The zero-order valence-corrected chi connectivity index (χ0v) is 30.7. The van der Waals surface area contributed by atoms with Gasteiger partial charge in [-0.3, -0.25) is 8.37 Å². The molecule has 0 N–H and O–H groups in total. The van der Waals surface area contributed by atoms with E-state index in [1.165, 1.54) is 11.1 Å². The quantitative estimate of drug-likeness (QED) is 0.173. The van der Waals surface area contributed by atoms with E-state index in [9.17, 15) is 16.8 Å². The number of rotatable bonds is 8. The molecule has 0 saturated heterocycles. The van der Waals surface area contributed by atoms with Crippen LogP contribution in [-0.2, 0) is 39.4 Å². The van der Waals surface area contributed by atoms with E-state index in [2.05, 4.69) is 77.9 Å². The third-order valence-corrected chi connectivity index (χ3v) is 12.7. The Balaban J connectivity index is 1.48. The molecule has 0 saturated carbocycles. The first-order valence-corrected chi connectivity index (χ1v) is 19.4. The van der Waals surface area contributed by atoms with Gasteiger partial charge < -0.3 is 0 Å². The molecule has 8 heteroatoms. The fourth-order valence-corrected chi connectivity index (χ4v) is 9.15. The predicted octanol–water partition coefficient (Wildman–Crippen LogP) is 8.53. The van der Waals surface area contributed by atoms with Crippen molar-refractivity contribution in [1.82, 2.24) is 0 Å². The smallest absolute Gasteiger partial charge is 0.266 e. The fourth-order valence-electron chi connectivity index (χ4n) is 7.26. The first kappa shape index (κ1) is 34.6. The average molecular weight is 687 g/mol. The van der Waals surface area contributed by atoms with E-state index in [-0.39, 0.29) is 57.5 Å². The third kappa shape index (κ3) is 6.52. The third-order valence-electron chi connectivity index (χ3n) is 10.1. The molecule has 7 rings (SSSR count). The molecule has 0 heterocycles. The summed E-state index contributed by atoms with van der Waals surface area (Å²) in [6.45, 7) is 16.7. The van der Waals surface area contributed by atoms with Crippen molar-refractivity contribution >= 4 is 20.2 Å². The van der Waals surface area contributed by atoms with Crippen LogP contribution < -0.4 is 0 Å². The van der Waals surface area contributed by atoms with Gasteiger partial charge in [0, 0.05) is 23.7 Å². The highest BCUT2D eigenvalue weighted by Gasteiger charge is 2.51. The summed E-state index contributed by atoms with van der Waals surface area (Å²) in [6.07, 6.45) is 0. The van der Waals surface area contributed by atoms with Crippen LogP contribution in [0.4, 0.5) is 0 Å². The molecular weight excluding hydrogens is 641 g/mol. The fraction of sp³-hybridized carbons (Fsp3) is 0.400. The molecule has 48 heavy (non-hydrogen) atoms. The number of aryl methyl sites for hydroxylation is 2. The first-order chi connectivity index (χ1) is 22.4. The molecular formula is C40H46O6S2. The highest BCUT2D eigenvalue weighted by Crippen LogP contribution is 2.59. The molecule has 4 aromatic rings. The van der Waals surface area contributed by atoms with Crippen molar-refractivity contribution in [3.8, 4) is 0 Å². The predicted molar refractivity (Wildman–Crippen MR) is 190 cm³/mol. The van der Waals surface area contributed by atoms with Crippen LogP contribution in [0.3, 0.4) is 0 Å². The molecule has 254 valence electrons. The number of benzene rings is 4. The standard InChI is InChI=1S/C40H46O6S2/c1-25-9-15-29(16-10-25)47(41,42)45-23-35-36(24-46-48(43,44)30-17-11-26(2)12-18-30)38-32-20-14-27(39(3,4)5)21-33(32)37(35)31-19-13-28(22-34(31)38)40(6,7)8/h9-22,35-38H,23-24H2,1-8H3/t35-,36-,37+,38+/m1/s1. The summed E-state index contributed by atoms with van der Waals surface area (Å²) in [7, 11) is -8.16. The summed E-state index contributed by atoms with van der Waals surface area (Å²) in [5, 5.41) is 0. The molecule has 0 unspecified atom stereocenters. The number of hydrogen-bond donors (Lipinski definition) is 0. The van der Waals surface area contributed by atoms with Gasteiger partial charge in [0.25, 0.3) is 20.2 Å². The molecule has 4 aromatic carbocycles. The van der Waals surface area contributed by atoms with Crippen LogP contribution in [-0.4, -0.2) is 30.0 Å². The van der Waals surface area contributed by atoms with E-state index in [0.717, 1.165) is 33.4 Å². The van der Waals surface area contributed by atoms with Gasteiger partial charge in [-0.1, -0.05) is 113 Å². The second-order valence-electron chi connectivity index (χ2n) is 15.6. The zero-order chi connectivity index (χ0) is 34.8. The maximum atomic E-state index is 13.5. The van der Waals surface area contributed by atoms with Gasteiger partial charge in [0.2, 0.25) is 0 Å². The van der Waals surface area contributed by atoms with Gasteiger partial charge in [-0.2, -0.15) is 16.8 Å². The minimum Gasteiger partial charge on any atom is -0.266 e. The molecule has 0 amide bonds. The topological polar surface area (TPSA) is 86.7 Å². The van der Waals surface area contributed by atoms with E-state index in [4.69, 9.17) is 8.37 Å². The molecule has 4 atom stereocenters. The van der Waals surface area contributed by atoms with Gasteiger partial charge in [-0.05, 0) is 82.3 Å². The van der Waals surface area contributed by atoms with Crippen LogP contribution in [0.1, 0.15) is 97.9 Å². The highest BCUT2D eigenvalue weighted by atomic mass is 32.2. The van der Waals surface area contributed by atoms with Gasteiger partial charge in [-0.15, -0.1) is 0 Å². The van der Waals surface area contributed by atoms with Gasteiger partial charge >= 0.3 is 0 Å². The monoisotopic (exact) mass is 686 g/mol. The lowest BCUT2D eigenvalue weighted by Gasteiger charge is -2.51. The molecule has 3 aliphatic carbocycles. The average Bonchev–Trinajstić information content (AvgIpc) is 3.02. The second kappa shape index (κ2) is 12.2. The van der Waals surface area contributed by atoms with Crippen LogP contribution in [0, 0.1) is 25.7 Å². The van der Waals surface area contributed by atoms with Crippen LogP contribution in [0.2, 0.25) is 0 Å². The Hall–Kier alpha value is -3.30. The van der Waals surface area contributed by atoms with Gasteiger partial charge in [-0.25, -0.2) is 0 Å². The van der Waals surface area contributed by atoms with E-state index in [1.807, 2.05) is 13.8 Å². The second-order valence-corrected chi connectivity index (χ2v) is 18.8. The summed E-state index contributed by atoms with van der Waals surface area (Å²) >= 11 is 0. The number of fused-ring (bicyclic) bond motifs is 1. The molecule has 0 aromatic heterocycles. The van der Waals surface area contributed by atoms with Crippen molar-refractivity contribution in [2.24, 2.45) is 11.8 Å². The molecule has 0 fully saturated rings. The lowest BCUT2D eigenvalue weighted by molar-refractivity contribution is 0.103. The van der Waals surface area contributed by atoms with Crippen molar-refractivity contribution in [2.75, 3.05) is 13.2 Å². The molecule has 3 aliphatic rings. The van der Waals surface area contributed by atoms with Gasteiger partial charge in [0.1, 0.15) is 0 Å². The Morgan fingerprint density at radius 2 is 0.833 bits per heavy atom. The zero-order valence-electron chi connectivity index (χ0n) is 29.1. The summed E-state index contributed by atoms with van der Waals surface area (Å²) in [5.74, 6) is -1.20.